The molecule has 0 radical (unpaired) electrons. The first-order valence-corrected chi connectivity index (χ1v) is 6.14. The Labute approximate surface area is 104 Å². The van der Waals surface area contributed by atoms with Crippen molar-refractivity contribution in [2.75, 3.05) is 0 Å². The molecule has 0 saturated heterocycles. The monoisotopic (exact) mass is 276 g/mol. The molecular formula is C14H13BrO. The number of para-hydroxylation sites is 1. The van der Waals surface area contributed by atoms with Crippen LogP contribution < -0.4 is 4.74 Å². The molecule has 0 saturated carbocycles. The summed E-state index contributed by atoms with van der Waals surface area (Å²) < 4.78 is 5.75. The van der Waals surface area contributed by atoms with Crippen LogP contribution in [-0.2, 0) is 0 Å². The summed E-state index contributed by atoms with van der Waals surface area (Å²) in [5.74, 6) is 1.73. The van der Waals surface area contributed by atoms with Crippen LogP contribution in [-0.4, -0.2) is 0 Å². The lowest BCUT2D eigenvalue weighted by atomic mass is 10.2. The average molecular weight is 277 g/mol. The minimum atomic E-state index is 0.340. The first-order chi connectivity index (χ1) is 7.75. The quantitative estimate of drug-likeness (QED) is 0.722. The van der Waals surface area contributed by atoms with Crippen molar-refractivity contribution in [3.8, 4) is 11.5 Å². The third-order valence-electron chi connectivity index (χ3n) is 2.30. The highest BCUT2D eigenvalue weighted by molar-refractivity contribution is 9.09. The van der Waals surface area contributed by atoms with Crippen LogP contribution >= 0.6 is 15.9 Å². The molecule has 1 nitrogen and oxygen atoms in total. The highest BCUT2D eigenvalue weighted by Crippen LogP contribution is 2.27. The fraction of sp³-hybridized carbons (Fsp3) is 0.143. The molecule has 2 heteroatoms. The van der Waals surface area contributed by atoms with Gasteiger partial charge in [-0.25, -0.2) is 0 Å². The van der Waals surface area contributed by atoms with Crippen molar-refractivity contribution in [1.82, 2.24) is 0 Å². The van der Waals surface area contributed by atoms with Crippen molar-refractivity contribution < 1.29 is 4.74 Å². The third kappa shape index (κ3) is 2.86. The van der Waals surface area contributed by atoms with Gasteiger partial charge in [-0.2, -0.15) is 0 Å². The van der Waals surface area contributed by atoms with E-state index in [1.54, 1.807) is 0 Å². The maximum Gasteiger partial charge on any atom is 0.127 e. The Morgan fingerprint density at radius 2 is 1.62 bits per heavy atom. The van der Waals surface area contributed by atoms with Gasteiger partial charge in [0.1, 0.15) is 11.5 Å². The Bertz CT molecular complexity index is 451. The second-order valence-electron chi connectivity index (χ2n) is 3.60. The molecule has 0 amide bonds. The van der Waals surface area contributed by atoms with Crippen molar-refractivity contribution in [2.45, 2.75) is 11.8 Å². The molecule has 0 N–H and O–H groups in total. The molecule has 0 aliphatic rings. The molecule has 0 aliphatic carbocycles. The van der Waals surface area contributed by atoms with Gasteiger partial charge in [-0.15, -0.1) is 0 Å². The number of ether oxygens (including phenoxy) is 1. The van der Waals surface area contributed by atoms with Gasteiger partial charge < -0.3 is 4.74 Å². The van der Waals surface area contributed by atoms with Crippen LogP contribution in [0.25, 0.3) is 0 Å². The van der Waals surface area contributed by atoms with E-state index in [1.165, 1.54) is 5.56 Å². The Balaban J connectivity index is 2.19. The first-order valence-electron chi connectivity index (χ1n) is 5.22. The van der Waals surface area contributed by atoms with E-state index in [2.05, 4.69) is 28.9 Å². The van der Waals surface area contributed by atoms with Crippen molar-refractivity contribution in [3.63, 3.8) is 0 Å². The zero-order valence-electron chi connectivity index (χ0n) is 9.06. The van der Waals surface area contributed by atoms with E-state index in [0.717, 1.165) is 11.5 Å². The summed E-state index contributed by atoms with van der Waals surface area (Å²) in [6, 6.07) is 17.9. The summed E-state index contributed by atoms with van der Waals surface area (Å²) in [6.45, 7) is 2.10. The predicted octanol–water partition coefficient (Wildman–Crippen LogP) is 4.93. The zero-order valence-corrected chi connectivity index (χ0v) is 10.6. The van der Waals surface area contributed by atoms with E-state index in [-0.39, 0.29) is 0 Å². The molecular weight excluding hydrogens is 264 g/mol. The van der Waals surface area contributed by atoms with Gasteiger partial charge in [0, 0.05) is 4.83 Å². The second kappa shape index (κ2) is 5.17. The predicted molar refractivity (Wildman–Crippen MR) is 70.3 cm³/mol. The topological polar surface area (TPSA) is 9.23 Å². The Hall–Kier alpha value is -1.28. The lowest BCUT2D eigenvalue weighted by molar-refractivity contribution is 0.482. The molecule has 0 bridgehead atoms. The largest absolute Gasteiger partial charge is 0.457 e. The molecule has 0 heterocycles. The molecule has 1 atom stereocenters. The van der Waals surface area contributed by atoms with Crippen LogP contribution in [0.4, 0.5) is 0 Å². The van der Waals surface area contributed by atoms with Gasteiger partial charge in [-0.3, -0.25) is 0 Å². The highest BCUT2D eigenvalue weighted by Gasteiger charge is 2.02. The van der Waals surface area contributed by atoms with Gasteiger partial charge >= 0.3 is 0 Å². The summed E-state index contributed by atoms with van der Waals surface area (Å²) in [5, 5.41) is 0. The molecule has 0 spiro atoms. The van der Waals surface area contributed by atoms with Crippen LogP contribution in [0.3, 0.4) is 0 Å². The fourth-order valence-corrected chi connectivity index (χ4v) is 1.73. The van der Waals surface area contributed by atoms with E-state index < -0.39 is 0 Å². The Morgan fingerprint density at radius 1 is 0.938 bits per heavy atom. The van der Waals surface area contributed by atoms with Crippen LogP contribution in [0.5, 0.6) is 11.5 Å². The van der Waals surface area contributed by atoms with Crippen LogP contribution in [0.15, 0.2) is 54.6 Å². The highest BCUT2D eigenvalue weighted by atomic mass is 79.9. The number of hydrogen-bond donors (Lipinski definition) is 0. The van der Waals surface area contributed by atoms with Crippen molar-refractivity contribution in [1.29, 1.82) is 0 Å². The summed E-state index contributed by atoms with van der Waals surface area (Å²) in [6.07, 6.45) is 0. The van der Waals surface area contributed by atoms with Crippen molar-refractivity contribution in [2.24, 2.45) is 0 Å². The average Bonchev–Trinajstić information content (AvgIpc) is 2.30. The van der Waals surface area contributed by atoms with Crippen LogP contribution in [0.1, 0.15) is 17.3 Å². The van der Waals surface area contributed by atoms with Gasteiger partial charge in [0.15, 0.2) is 0 Å². The van der Waals surface area contributed by atoms with Gasteiger partial charge in [0.2, 0.25) is 0 Å². The Kier molecular flexibility index (Phi) is 3.62. The fourth-order valence-electron chi connectivity index (χ4n) is 1.45. The number of halogens is 1. The normalized spacial score (nSPS) is 12.1. The number of rotatable bonds is 3. The van der Waals surface area contributed by atoms with Crippen LogP contribution in [0, 0.1) is 0 Å². The third-order valence-corrected chi connectivity index (χ3v) is 2.82. The molecule has 0 aliphatic heterocycles. The molecule has 0 aromatic heterocycles. The van der Waals surface area contributed by atoms with Gasteiger partial charge in [-0.1, -0.05) is 46.3 Å². The summed E-state index contributed by atoms with van der Waals surface area (Å²) in [5.41, 5.74) is 1.22. The summed E-state index contributed by atoms with van der Waals surface area (Å²) in [4.78, 5) is 0.340. The maximum absolute atomic E-state index is 5.75. The zero-order chi connectivity index (χ0) is 11.4. The first kappa shape index (κ1) is 11.2. The van der Waals surface area contributed by atoms with Crippen LogP contribution in [0.2, 0.25) is 0 Å². The minimum absolute atomic E-state index is 0.340. The van der Waals surface area contributed by atoms with E-state index in [1.807, 2.05) is 48.5 Å². The number of hydrogen-bond acceptors (Lipinski definition) is 1. The second-order valence-corrected chi connectivity index (χ2v) is 4.98. The minimum Gasteiger partial charge on any atom is -0.457 e. The lowest BCUT2D eigenvalue weighted by Gasteiger charge is -2.08. The smallest absolute Gasteiger partial charge is 0.127 e. The Morgan fingerprint density at radius 3 is 2.31 bits per heavy atom. The van der Waals surface area contributed by atoms with E-state index in [9.17, 15) is 0 Å². The van der Waals surface area contributed by atoms with Crippen molar-refractivity contribution in [3.05, 3.63) is 60.2 Å². The molecule has 2 rings (SSSR count). The van der Waals surface area contributed by atoms with Gasteiger partial charge in [-0.05, 0) is 36.8 Å². The van der Waals surface area contributed by atoms with E-state index in [0.29, 0.717) is 4.83 Å². The lowest BCUT2D eigenvalue weighted by Crippen LogP contribution is -1.87. The van der Waals surface area contributed by atoms with Gasteiger partial charge in [0.05, 0.1) is 0 Å². The summed E-state index contributed by atoms with van der Waals surface area (Å²) in [7, 11) is 0. The standard InChI is InChI=1S/C14H13BrO/c1-11(15)12-6-5-9-14(10-12)16-13-7-3-2-4-8-13/h2-11H,1H3. The molecule has 2 aromatic rings. The number of alkyl halides is 1. The molecule has 2 aromatic carbocycles. The maximum atomic E-state index is 5.75. The van der Waals surface area contributed by atoms with Crippen molar-refractivity contribution >= 4 is 15.9 Å². The number of benzene rings is 2. The summed E-state index contributed by atoms with van der Waals surface area (Å²) >= 11 is 3.55. The molecule has 16 heavy (non-hydrogen) atoms. The molecule has 1 unspecified atom stereocenters. The molecule has 82 valence electrons. The van der Waals surface area contributed by atoms with Gasteiger partial charge in [0.25, 0.3) is 0 Å². The molecule has 0 fully saturated rings. The van der Waals surface area contributed by atoms with E-state index in [4.69, 9.17) is 4.74 Å². The SMILES string of the molecule is CC(Br)c1cccc(Oc2ccccc2)c1. The van der Waals surface area contributed by atoms with E-state index >= 15 is 0 Å².